The van der Waals surface area contributed by atoms with E-state index in [1.807, 2.05) is 6.07 Å². The predicted octanol–water partition coefficient (Wildman–Crippen LogP) is 4.10. The molecule has 12 heteroatoms. The van der Waals surface area contributed by atoms with E-state index in [1.54, 1.807) is 49.4 Å². The van der Waals surface area contributed by atoms with Crippen LogP contribution in [0.4, 0.5) is 21.3 Å². The first kappa shape index (κ1) is 24.0. The number of rotatable bonds is 9. The molecule has 1 aromatic heterocycles. The van der Waals surface area contributed by atoms with Gasteiger partial charge in [-0.05, 0) is 43.3 Å². The highest BCUT2D eigenvalue weighted by Crippen LogP contribution is 2.26. The van der Waals surface area contributed by atoms with Gasteiger partial charge in [0.25, 0.3) is 5.91 Å². The second-order valence-corrected chi connectivity index (χ2v) is 8.49. The number of carbonyl (C=O) groups is 3. The van der Waals surface area contributed by atoms with Gasteiger partial charge in [-0.3, -0.25) is 14.9 Å². The lowest BCUT2D eigenvalue weighted by Crippen LogP contribution is -2.15. The second kappa shape index (κ2) is 11.8. The molecule has 3 amide bonds. The molecular weight excluding hydrogens is 466 g/mol. The highest BCUT2D eigenvalue weighted by Gasteiger charge is 2.12. The molecule has 1 heterocycles. The van der Waals surface area contributed by atoms with Crippen LogP contribution in [-0.4, -0.2) is 47.6 Å². The number of hydrogen-bond donors (Lipinski definition) is 3. The molecule has 3 rings (SSSR count). The summed E-state index contributed by atoms with van der Waals surface area (Å²) in [5.74, 6) is 0.119. The van der Waals surface area contributed by atoms with E-state index < -0.39 is 6.09 Å². The maximum Gasteiger partial charge on any atom is 0.413 e. The van der Waals surface area contributed by atoms with Gasteiger partial charge in [0, 0.05) is 11.3 Å². The van der Waals surface area contributed by atoms with Crippen molar-refractivity contribution < 1.29 is 23.9 Å². The summed E-state index contributed by atoms with van der Waals surface area (Å²) in [4.78, 5) is 36.1. The Bertz CT molecular complexity index is 1120. The average molecular weight is 488 g/mol. The van der Waals surface area contributed by atoms with Crippen LogP contribution in [0.25, 0.3) is 0 Å². The van der Waals surface area contributed by atoms with Gasteiger partial charge in [-0.1, -0.05) is 35.2 Å². The Morgan fingerprint density at radius 2 is 1.76 bits per heavy atom. The van der Waals surface area contributed by atoms with Crippen LogP contribution in [-0.2, 0) is 9.53 Å². The number of nitrogens with zero attached hydrogens (tertiary/aromatic N) is 2. The third-order valence-corrected chi connectivity index (χ3v) is 5.98. The average Bonchev–Trinajstić information content (AvgIpc) is 3.26. The molecule has 0 unspecified atom stereocenters. The van der Waals surface area contributed by atoms with Crippen molar-refractivity contribution >= 4 is 57.5 Å². The highest BCUT2D eigenvalue weighted by atomic mass is 32.2. The molecule has 0 saturated carbocycles. The minimum Gasteiger partial charge on any atom is -0.495 e. The molecule has 10 nitrogen and oxygen atoms in total. The lowest BCUT2D eigenvalue weighted by Gasteiger charge is -2.10. The smallest absolute Gasteiger partial charge is 0.413 e. The Morgan fingerprint density at radius 1 is 1.00 bits per heavy atom. The van der Waals surface area contributed by atoms with E-state index >= 15 is 0 Å². The first-order valence-corrected chi connectivity index (χ1v) is 11.5. The van der Waals surface area contributed by atoms with Crippen molar-refractivity contribution in [3.63, 3.8) is 0 Å². The first-order chi connectivity index (χ1) is 16.0. The van der Waals surface area contributed by atoms with Crippen molar-refractivity contribution in [2.75, 3.05) is 35.4 Å². The molecule has 0 spiro atoms. The number of amides is 3. The summed E-state index contributed by atoms with van der Waals surface area (Å²) >= 11 is 2.33. The summed E-state index contributed by atoms with van der Waals surface area (Å²) in [7, 11) is 1.53. The minimum absolute atomic E-state index is 0.101. The van der Waals surface area contributed by atoms with Gasteiger partial charge in [-0.15, -0.1) is 10.2 Å². The Hall–Kier alpha value is -3.64. The summed E-state index contributed by atoms with van der Waals surface area (Å²) in [5, 5.41) is 16.0. The molecule has 0 fully saturated rings. The van der Waals surface area contributed by atoms with Crippen LogP contribution >= 0.6 is 23.1 Å². The van der Waals surface area contributed by atoms with Crippen LogP contribution in [0.2, 0.25) is 0 Å². The van der Waals surface area contributed by atoms with Crippen molar-refractivity contribution in [1.29, 1.82) is 0 Å². The lowest BCUT2D eigenvalue weighted by molar-refractivity contribution is -0.113. The van der Waals surface area contributed by atoms with Gasteiger partial charge in [0.05, 0.1) is 25.2 Å². The second-order valence-electron chi connectivity index (χ2n) is 6.29. The third kappa shape index (κ3) is 7.19. The van der Waals surface area contributed by atoms with Gasteiger partial charge < -0.3 is 20.1 Å². The summed E-state index contributed by atoms with van der Waals surface area (Å²) in [6, 6.07) is 13.6. The first-order valence-electron chi connectivity index (χ1n) is 9.73. The van der Waals surface area contributed by atoms with Crippen LogP contribution in [0, 0.1) is 0 Å². The van der Waals surface area contributed by atoms with E-state index in [0.29, 0.717) is 32.2 Å². The lowest BCUT2D eigenvalue weighted by atomic mass is 10.2. The summed E-state index contributed by atoms with van der Waals surface area (Å²) in [6.07, 6.45) is -0.608. The van der Waals surface area contributed by atoms with Crippen molar-refractivity contribution in [2.45, 2.75) is 11.3 Å². The monoisotopic (exact) mass is 487 g/mol. The number of hydrogen-bond acceptors (Lipinski definition) is 9. The van der Waals surface area contributed by atoms with Gasteiger partial charge in [-0.25, -0.2) is 4.79 Å². The Balaban J connectivity index is 1.48. The molecule has 0 saturated heterocycles. The van der Waals surface area contributed by atoms with E-state index in [0.717, 1.165) is 11.3 Å². The van der Waals surface area contributed by atoms with E-state index in [2.05, 4.69) is 26.1 Å². The fraction of sp³-hybridized carbons (Fsp3) is 0.190. The number of anilines is 3. The number of para-hydroxylation sites is 2. The van der Waals surface area contributed by atoms with Crippen molar-refractivity contribution in [2.24, 2.45) is 0 Å². The minimum atomic E-state index is -0.608. The zero-order valence-electron chi connectivity index (χ0n) is 17.8. The molecule has 2 aromatic carbocycles. The molecule has 0 atom stereocenters. The van der Waals surface area contributed by atoms with Gasteiger partial charge in [-0.2, -0.15) is 0 Å². The molecule has 0 aliphatic carbocycles. The third-order valence-electron chi connectivity index (χ3n) is 4.00. The van der Waals surface area contributed by atoms with Crippen LogP contribution in [0.15, 0.2) is 52.9 Å². The fourth-order valence-electron chi connectivity index (χ4n) is 2.54. The highest BCUT2D eigenvalue weighted by molar-refractivity contribution is 8.01. The number of thioether (sulfide) groups is 1. The SMILES string of the molecule is CCOC(=O)Nc1nnc(SCC(=O)Nc2ccc(C(=O)Nc3ccccc3OC)cc2)s1. The fourth-order valence-corrected chi connectivity index (χ4v) is 4.08. The summed E-state index contributed by atoms with van der Waals surface area (Å²) in [5.41, 5.74) is 1.55. The zero-order chi connectivity index (χ0) is 23.6. The number of aromatic nitrogens is 2. The standard InChI is InChI=1S/C21H21N5O5S2/c1-3-31-20(29)24-19-25-26-21(33-19)32-12-17(27)22-14-10-8-13(9-11-14)18(28)23-15-6-4-5-7-16(15)30-2/h4-11H,3,12H2,1-2H3,(H,22,27)(H,23,28)(H,24,25,29). The number of benzene rings is 2. The van der Waals surface area contributed by atoms with Gasteiger partial charge in [0.15, 0.2) is 4.34 Å². The summed E-state index contributed by atoms with van der Waals surface area (Å²) < 4.78 is 10.5. The molecule has 3 aromatic rings. The van der Waals surface area contributed by atoms with Crippen molar-refractivity contribution in [3.05, 3.63) is 54.1 Å². The molecule has 0 radical (unpaired) electrons. The molecule has 0 aliphatic heterocycles. The zero-order valence-corrected chi connectivity index (χ0v) is 19.4. The number of carbonyl (C=O) groups excluding carboxylic acids is 3. The Kier molecular flexibility index (Phi) is 8.61. The maximum atomic E-state index is 12.5. The predicted molar refractivity (Wildman–Crippen MR) is 127 cm³/mol. The van der Waals surface area contributed by atoms with Crippen LogP contribution in [0.5, 0.6) is 5.75 Å². The van der Waals surface area contributed by atoms with E-state index in [1.165, 1.54) is 18.9 Å². The van der Waals surface area contributed by atoms with Crippen LogP contribution in [0.3, 0.4) is 0 Å². The quantitative estimate of drug-likeness (QED) is 0.304. The van der Waals surface area contributed by atoms with E-state index in [-0.39, 0.29) is 24.2 Å². The van der Waals surface area contributed by atoms with E-state index in [4.69, 9.17) is 9.47 Å². The van der Waals surface area contributed by atoms with E-state index in [9.17, 15) is 14.4 Å². The normalized spacial score (nSPS) is 10.2. The van der Waals surface area contributed by atoms with Gasteiger partial charge in [0.1, 0.15) is 5.75 Å². The number of methoxy groups -OCH3 is 1. The van der Waals surface area contributed by atoms with Crippen molar-refractivity contribution in [3.8, 4) is 5.75 Å². The largest absolute Gasteiger partial charge is 0.495 e. The number of ether oxygens (including phenoxy) is 2. The topological polar surface area (TPSA) is 132 Å². The molecular formula is C21H21N5O5S2. The Morgan fingerprint density at radius 3 is 2.48 bits per heavy atom. The number of nitrogens with one attached hydrogen (secondary N) is 3. The molecule has 0 bridgehead atoms. The Labute approximate surface area is 198 Å². The molecule has 172 valence electrons. The molecule has 33 heavy (non-hydrogen) atoms. The maximum absolute atomic E-state index is 12.5. The summed E-state index contributed by atoms with van der Waals surface area (Å²) in [6.45, 7) is 1.95. The van der Waals surface area contributed by atoms with Crippen LogP contribution < -0.4 is 20.7 Å². The van der Waals surface area contributed by atoms with Crippen molar-refractivity contribution in [1.82, 2.24) is 10.2 Å². The van der Waals surface area contributed by atoms with Gasteiger partial charge in [0.2, 0.25) is 11.0 Å². The van der Waals surface area contributed by atoms with Crippen LogP contribution in [0.1, 0.15) is 17.3 Å². The molecule has 0 aliphatic rings. The van der Waals surface area contributed by atoms with Gasteiger partial charge >= 0.3 is 6.09 Å². The molecule has 3 N–H and O–H groups in total.